The Morgan fingerprint density at radius 1 is 1.10 bits per heavy atom. The molecule has 0 bridgehead atoms. The Hall–Kier alpha value is -2.82. The van der Waals surface area contributed by atoms with Gasteiger partial charge in [0.1, 0.15) is 11.8 Å². The predicted octanol–water partition coefficient (Wildman–Crippen LogP) is 4.27. The maximum Gasteiger partial charge on any atom is 0.243 e. The van der Waals surface area contributed by atoms with E-state index >= 15 is 0 Å². The second-order valence-electron chi connectivity index (χ2n) is 8.64. The summed E-state index contributed by atoms with van der Waals surface area (Å²) in [5.41, 5.74) is 2.60. The summed E-state index contributed by atoms with van der Waals surface area (Å²) in [6.07, 6.45) is 0.793. The Kier molecular flexibility index (Phi) is 8.04. The third-order valence-electron chi connectivity index (χ3n) is 4.97. The fourth-order valence-corrected chi connectivity index (χ4v) is 3.41. The van der Waals surface area contributed by atoms with Crippen LogP contribution in [0.1, 0.15) is 50.8 Å². The van der Waals surface area contributed by atoms with Gasteiger partial charge in [-0.15, -0.1) is 0 Å². The molecule has 2 rings (SSSR count). The van der Waals surface area contributed by atoms with Crippen LogP contribution in [0.2, 0.25) is 0 Å². The number of nitrogens with one attached hydrogen (secondary N) is 1. The zero-order valence-electron chi connectivity index (χ0n) is 19.0. The van der Waals surface area contributed by atoms with E-state index in [-0.39, 0.29) is 23.8 Å². The molecule has 162 valence electrons. The molecule has 0 unspecified atom stereocenters. The van der Waals surface area contributed by atoms with Crippen LogP contribution in [0.25, 0.3) is 0 Å². The molecule has 2 aromatic rings. The van der Waals surface area contributed by atoms with Gasteiger partial charge in [-0.05, 0) is 62.9 Å². The van der Waals surface area contributed by atoms with Crippen molar-refractivity contribution in [3.63, 3.8) is 0 Å². The largest absolute Gasteiger partial charge is 0.497 e. The molecule has 0 aromatic heterocycles. The zero-order chi connectivity index (χ0) is 22.3. The van der Waals surface area contributed by atoms with E-state index in [1.54, 1.807) is 12.0 Å². The number of ether oxygens (including phenoxy) is 1. The highest BCUT2D eigenvalue weighted by Crippen LogP contribution is 2.19. The quantitative estimate of drug-likeness (QED) is 0.707. The third-order valence-corrected chi connectivity index (χ3v) is 4.97. The van der Waals surface area contributed by atoms with Crippen LogP contribution in [-0.4, -0.2) is 35.4 Å². The minimum Gasteiger partial charge on any atom is -0.497 e. The zero-order valence-corrected chi connectivity index (χ0v) is 19.0. The molecule has 0 aliphatic heterocycles. The van der Waals surface area contributed by atoms with Gasteiger partial charge in [0.15, 0.2) is 0 Å². The molecule has 0 radical (unpaired) electrons. The summed E-state index contributed by atoms with van der Waals surface area (Å²) >= 11 is 0. The number of amides is 2. The van der Waals surface area contributed by atoms with Gasteiger partial charge in [0.25, 0.3) is 0 Å². The van der Waals surface area contributed by atoms with Gasteiger partial charge in [0, 0.05) is 12.1 Å². The number of benzene rings is 2. The van der Waals surface area contributed by atoms with E-state index in [1.165, 1.54) is 0 Å². The van der Waals surface area contributed by atoms with E-state index in [0.29, 0.717) is 13.0 Å². The average molecular weight is 411 g/mol. The van der Waals surface area contributed by atoms with E-state index in [9.17, 15) is 9.59 Å². The number of methoxy groups -OCH3 is 1. The first-order chi connectivity index (χ1) is 14.1. The molecule has 1 N–H and O–H groups in total. The van der Waals surface area contributed by atoms with Crippen molar-refractivity contribution in [1.82, 2.24) is 10.2 Å². The second kappa shape index (κ2) is 10.3. The maximum absolute atomic E-state index is 13.4. The Morgan fingerprint density at radius 2 is 1.80 bits per heavy atom. The third kappa shape index (κ3) is 6.61. The SMILES string of the molecule is CC[C@@H](C(=O)NC(C)(C)C)N(Cc1cccc(OC)c1)C(=O)Cc1ccccc1C. The number of nitrogens with zero attached hydrogens (tertiary/aromatic N) is 1. The molecule has 5 nitrogen and oxygen atoms in total. The Balaban J connectivity index is 2.35. The van der Waals surface area contributed by atoms with Crippen molar-refractivity contribution in [2.75, 3.05) is 7.11 Å². The van der Waals surface area contributed by atoms with Gasteiger partial charge in [-0.25, -0.2) is 0 Å². The highest BCUT2D eigenvalue weighted by Gasteiger charge is 2.30. The van der Waals surface area contributed by atoms with Crippen molar-refractivity contribution in [1.29, 1.82) is 0 Å². The van der Waals surface area contributed by atoms with Crippen LogP contribution in [0, 0.1) is 6.92 Å². The summed E-state index contributed by atoms with van der Waals surface area (Å²) in [6.45, 7) is 10.1. The van der Waals surface area contributed by atoms with E-state index < -0.39 is 6.04 Å². The van der Waals surface area contributed by atoms with Crippen LogP contribution in [0.5, 0.6) is 5.75 Å². The first-order valence-corrected chi connectivity index (χ1v) is 10.4. The summed E-state index contributed by atoms with van der Waals surface area (Å²) in [4.78, 5) is 28.1. The molecule has 0 saturated carbocycles. The molecule has 5 heteroatoms. The van der Waals surface area contributed by atoms with Crippen LogP contribution >= 0.6 is 0 Å². The monoisotopic (exact) mass is 410 g/mol. The van der Waals surface area contributed by atoms with Gasteiger partial charge in [-0.2, -0.15) is 0 Å². The van der Waals surface area contributed by atoms with Gasteiger partial charge in [0.05, 0.1) is 13.5 Å². The van der Waals surface area contributed by atoms with Gasteiger partial charge in [0.2, 0.25) is 11.8 Å². The Labute approximate surface area is 180 Å². The van der Waals surface area contributed by atoms with E-state index in [4.69, 9.17) is 4.74 Å². The summed E-state index contributed by atoms with van der Waals surface area (Å²) in [7, 11) is 1.62. The second-order valence-corrected chi connectivity index (χ2v) is 8.64. The van der Waals surface area contributed by atoms with Crippen LogP contribution in [0.4, 0.5) is 0 Å². The highest BCUT2D eigenvalue weighted by molar-refractivity contribution is 5.89. The van der Waals surface area contributed by atoms with Crippen molar-refractivity contribution >= 4 is 11.8 Å². The highest BCUT2D eigenvalue weighted by atomic mass is 16.5. The van der Waals surface area contributed by atoms with E-state index in [0.717, 1.165) is 22.4 Å². The molecule has 0 heterocycles. The first kappa shape index (κ1) is 23.5. The molecule has 2 aromatic carbocycles. The fourth-order valence-electron chi connectivity index (χ4n) is 3.41. The minimum absolute atomic E-state index is 0.0666. The first-order valence-electron chi connectivity index (χ1n) is 10.4. The normalized spacial score (nSPS) is 12.2. The molecule has 1 atom stereocenters. The number of carbonyl (C=O) groups excluding carboxylic acids is 2. The predicted molar refractivity (Wildman–Crippen MR) is 120 cm³/mol. The molecule has 0 aliphatic carbocycles. The van der Waals surface area contributed by atoms with Gasteiger partial charge in [-0.3, -0.25) is 9.59 Å². The number of carbonyl (C=O) groups is 2. The molecule has 0 saturated heterocycles. The average Bonchev–Trinajstić information content (AvgIpc) is 2.68. The minimum atomic E-state index is -0.549. The molecule has 0 fully saturated rings. The van der Waals surface area contributed by atoms with Gasteiger partial charge < -0.3 is 15.0 Å². The number of aryl methyl sites for hydroxylation is 1. The lowest BCUT2D eigenvalue weighted by Crippen LogP contribution is -2.53. The lowest BCUT2D eigenvalue weighted by Gasteiger charge is -2.33. The standard InChI is InChI=1S/C25H34N2O3/c1-7-22(24(29)26-25(3,4)5)27(17-19-12-10-14-21(15-19)30-6)23(28)16-20-13-9-8-11-18(20)2/h8-15,22H,7,16-17H2,1-6H3,(H,26,29)/t22-/m0/s1. The van der Waals surface area contributed by atoms with Gasteiger partial charge >= 0.3 is 0 Å². The molecule has 2 amide bonds. The summed E-state index contributed by atoms with van der Waals surface area (Å²) in [5, 5.41) is 3.03. The number of hydrogen-bond acceptors (Lipinski definition) is 3. The van der Waals surface area contributed by atoms with E-state index in [1.807, 2.05) is 83.1 Å². The van der Waals surface area contributed by atoms with Crippen LogP contribution in [-0.2, 0) is 22.6 Å². The number of hydrogen-bond donors (Lipinski definition) is 1. The molecule has 0 aliphatic rings. The maximum atomic E-state index is 13.4. The van der Waals surface area contributed by atoms with Crippen molar-refractivity contribution < 1.29 is 14.3 Å². The summed E-state index contributed by atoms with van der Waals surface area (Å²) < 4.78 is 5.33. The summed E-state index contributed by atoms with van der Waals surface area (Å²) in [5.74, 6) is 0.528. The van der Waals surface area contributed by atoms with Crippen LogP contribution in [0.15, 0.2) is 48.5 Å². The van der Waals surface area contributed by atoms with Crippen LogP contribution in [0.3, 0.4) is 0 Å². The van der Waals surface area contributed by atoms with Crippen molar-refractivity contribution in [3.05, 3.63) is 65.2 Å². The number of rotatable bonds is 8. The van der Waals surface area contributed by atoms with Gasteiger partial charge in [-0.1, -0.05) is 43.3 Å². The Morgan fingerprint density at radius 3 is 2.40 bits per heavy atom. The topological polar surface area (TPSA) is 58.6 Å². The smallest absolute Gasteiger partial charge is 0.243 e. The lowest BCUT2D eigenvalue weighted by atomic mass is 10.0. The fraction of sp³-hybridized carbons (Fsp3) is 0.440. The lowest BCUT2D eigenvalue weighted by molar-refractivity contribution is -0.141. The molecular formula is C25H34N2O3. The van der Waals surface area contributed by atoms with Crippen molar-refractivity contribution in [2.24, 2.45) is 0 Å². The van der Waals surface area contributed by atoms with Crippen LogP contribution < -0.4 is 10.1 Å². The van der Waals surface area contributed by atoms with E-state index in [2.05, 4.69) is 5.32 Å². The van der Waals surface area contributed by atoms with Crippen molar-refractivity contribution in [2.45, 2.75) is 65.6 Å². The van der Waals surface area contributed by atoms with Crippen molar-refractivity contribution in [3.8, 4) is 5.75 Å². The Bertz CT molecular complexity index is 871. The molecule has 30 heavy (non-hydrogen) atoms. The molecular weight excluding hydrogens is 376 g/mol. The summed E-state index contributed by atoms with van der Waals surface area (Å²) in [6, 6.07) is 14.9. The molecule has 0 spiro atoms.